The minimum absolute atomic E-state index is 0.0864. The lowest BCUT2D eigenvalue weighted by molar-refractivity contribution is -0.118. The summed E-state index contributed by atoms with van der Waals surface area (Å²) in [6.45, 7) is 1.65. The molecule has 2 amide bonds. The number of nitrogens with one attached hydrogen (secondary N) is 2. The van der Waals surface area contributed by atoms with Crippen LogP contribution in [0.3, 0.4) is 0 Å². The highest BCUT2D eigenvalue weighted by molar-refractivity contribution is 6.31. The van der Waals surface area contributed by atoms with E-state index < -0.39 is 17.4 Å². The van der Waals surface area contributed by atoms with E-state index in [2.05, 4.69) is 15.7 Å². The standard InChI is InChI=1S/C22H19ClN4O3/c1-13-18(23)20(28)19(26-27(13)15-8-3-2-4-9-15)22(30)25-17-12-11-14-7-5-6-10-16(14)24-21(17)29/h2-10,17H,11-12H2,1H3,(H,24,29)(H,25,30). The van der Waals surface area contributed by atoms with Gasteiger partial charge in [0.25, 0.3) is 5.91 Å². The maximum absolute atomic E-state index is 12.9. The summed E-state index contributed by atoms with van der Waals surface area (Å²) in [7, 11) is 0. The van der Waals surface area contributed by atoms with E-state index in [9.17, 15) is 14.4 Å². The lowest BCUT2D eigenvalue weighted by atomic mass is 10.1. The number of fused-ring (bicyclic) bond motifs is 1. The number of hydrogen-bond acceptors (Lipinski definition) is 4. The number of benzene rings is 2. The topological polar surface area (TPSA) is 93.1 Å². The highest BCUT2D eigenvalue weighted by Crippen LogP contribution is 2.22. The number of carbonyl (C=O) groups excluding carboxylic acids is 2. The summed E-state index contributed by atoms with van der Waals surface area (Å²) in [5.41, 5.74) is 1.77. The number of aromatic nitrogens is 2. The van der Waals surface area contributed by atoms with Crippen LogP contribution in [-0.4, -0.2) is 27.6 Å². The molecule has 7 nitrogen and oxygen atoms in total. The molecule has 30 heavy (non-hydrogen) atoms. The number of nitrogens with zero attached hydrogens (tertiary/aromatic N) is 2. The van der Waals surface area contributed by atoms with Crippen LogP contribution in [0.5, 0.6) is 0 Å². The largest absolute Gasteiger partial charge is 0.339 e. The van der Waals surface area contributed by atoms with E-state index >= 15 is 0 Å². The molecule has 1 aromatic heterocycles. The Morgan fingerprint density at radius 3 is 2.60 bits per heavy atom. The Kier molecular flexibility index (Phi) is 5.37. The Labute approximate surface area is 177 Å². The van der Waals surface area contributed by atoms with Crippen LogP contribution in [0, 0.1) is 6.92 Å². The van der Waals surface area contributed by atoms with Crippen molar-refractivity contribution in [2.45, 2.75) is 25.8 Å². The summed E-state index contributed by atoms with van der Waals surface area (Å²) < 4.78 is 1.45. The molecule has 0 bridgehead atoms. The second-order valence-corrected chi connectivity index (χ2v) is 7.41. The highest BCUT2D eigenvalue weighted by Gasteiger charge is 2.28. The van der Waals surface area contributed by atoms with Crippen LogP contribution < -0.4 is 16.1 Å². The van der Waals surface area contributed by atoms with Crippen molar-refractivity contribution in [1.82, 2.24) is 15.1 Å². The van der Waals surface area contributed by atoms with Crippen LogP contribution in [-0.2, 0) is 11.2 Å². The SMILES string of the molecule is Cc1c(Cl)c(=O)c(C(=O)NC2CCc3ccccc3NC2=O)nn1-c1ccccc1. The van der Waals surface area contributed by atoms with Crippen LogP contribution in [0.25, 0.3) is 5.69 Å². The average molecular weight is 423 g/mol. The normalized spacial score (nSPS) is 15.7. The molecule has 8 heteroatoms. The zero-order valence-electron chi connectivity index (χ0n) is 16.2. The van der Waals surface area contributed by atoms with Gasteiger partial charge in [-0.25, -0.2) is 4.68 Å². The van der Waals surface area contributed by atoms with Crippen molar-refractivity contribution < 1.29 is 9.59 Å². The van der Waals surface area contributed by atoms with Crippen molar-refractivity contribution in [2.75, 3.05) is 5.32 Å². The molecule has 0 spiro atoms. The number of anilines is 1. The fourth-order valence-corrected chi connectivity index (χ4v) is 3.60. The first-order valence-electron chi connectivity index (χ1n) is 9.50. The second-order valence-electron chi connectivity index (χ2n) is 7.04. The summed E-state index contributed by atoms with van der Waals surface area (Å²) in [4.78, 5) is 38.1. The summed E-state index contributed by atoms with van der Waals surface area (Å²) in [6, 6.07) is 15.7. The number of aryl methyl sites for hydroxylation is 1. The number of para-hydroxylation sites is 2. The summed E-state index contributed by atoms with van der Waals surface area (Å²) in [6.07, 6.45) is 1.01. The van der Waals surface area contributed by atoms with Gasteiger partial charge in [-0.2, -0.15) is 5.10 Å². The van der Waals surface area contributed by atoms with Gasteiger partial charge in [-0.05, 0) is 43.5 Å². The number of amides is 2. The van der Waals surface area contributed by atoms with Gasteiger partial charge in [-0.1, -0.05) is 48.0 Å². The van der Waals surface area contributed by atoms with Crippen LogP contribution >= 0.6 is 11.6 Å². The third-order valence-corrected chi connectivity index (χ3v) is 5.51. The van der Waals surface area contributed by atoms with Crippen LogP contribution in [0.15, 0.2) is 59.4 Å². The summed E-state index contributed by atoms with van der Waals surface area (Å²) in [5, 5.41) is 9.60. The Hall–Kier alpha value is -3.45. The third-order valence-electron chi connectivity index (χ3n) is 5.07. The van der Waals surface area contributed by atoms with Crippen molar-refractivity contribution in [2.24, 2.45) is 0 Å². The predicted octanol–water partition coefficient (Wildman–Crippen LogP) is 2.88. The van der Waals surface area contributed by atoms with E-state index in [1.54, 1.807) is 19.1 Å². The van der Waals surface area contributed by atoms with Crippen molar-refractivity contribution in [3.05, 3.63) is 86.8 Å². The van der Waals surface area contributed by atoms with Gasteiger partial charge in [-0.15, -0.1) is 0 Å². The fourth-order valence-electron chi connectivity index (χ4n) is 3.43. The summed E-state index contributed by atoms with van der Waals surface area (Å²) >= 11 is 6.21. The molecular formula is C22H19ClN4O3. The Morgan fingerprint density at radius 2 is 1.83 bits per heavy atom. The molecule has 0 fully saturated rings. The predicted molar refractivity (Wildman–Crippen MR) is 114 cm³/mol. The van der Waals surface area contributed by atoms with Gasteiger partial charge >= 0.3 is 0 Å². The first kappa shape index (κ1) is 19.8. The number of hydrogen-bond donors (Lipinski definition) is 2. The van der Waals surface area contributed by atoms with Crippen LogP contribution in [0.4, 0.5) is 5.69 Å². The fraction of sp³-hybridized carbons (Fsp3) is 0.182. The number of rotatable bonds is 3. The molecule has 2 heterocycles. The zero-order valence-corrected chi connectivity index (χ0v) is 16.9. The first-order valence-corrected chi connectivity index (χ1v) is 9.88. The van der Waals surface area contributed by atoms with E-state index in [1.165, 1.54) is 4.68 Å². The summed E-state index contributed by atoms with van der Waals surface area (Å²) in [5.74, 6) is -1.08. The molecule has 4 rings (SSSR count). The van der Waals surface area contributed by atoms with Gasteiger partial charge in [0, 0.05) is 5.69 Å². The molecule has 1 aliphatic heterocycles. The molecule has 2 N–H and O–H groups in total. The smallest absolute Gasteiger partial charge is 0.276 e. The molecule has 3 aromatic rings. The van der Waals surface area contributed by atoms with Crippen LogP contribution in [0.2, 0.25) is 5.02 Å². The number of halogens is 1. The molecule has 1 atom stereocenters. The van der Waals surface area contributed by atoms with Gasteiger partial charge in [-0.3, -0.25) is 14.4 Å². The molecule has 1 unspecified atom stereocenters. The Balaban J connectivity index is 1.63. The molecule has 0 radical (unpaired) electrons. The molecule has 152 valence electrons. The van der Waals surface area contributed by atoms with Gasteiger partial charge in [0.05, 0.1) is 11.4 Å². The Morgan fingerprint density at radius 1 is 1.13 bits per heavy atom. The lowest BCUT2D eigenvalue weighted by Gasteiger charge is -2.16. The molecule has 1 aliphatic rings. The lowest BCUT2D eigenvalue weighted by Crippen LogP contribution is -2.45. The van der Waals surface area contributed by atoms with Crippen molar-refractivity contribution >= 4 is 29.1 Å². The van der Waals surface area contributed by atoms with Crippen molar-refractivity contribution in [3.63, 3.8) is 0 Å². The first-order chi connectivity index (χ1) is 14.5. The van der Waals surface area contributed by atoms with E-state index in [1.807, 2.05) is 42.5 Å². The van der Waals surface area contributed by atoms with Gasteiger partial charge < -0.3 is 10.6 Å². The van der Waals surface area contributed by atoms with E-state index in [0.717, 1.165) is 11.3 Å². The Bertz CT molecular complexity index is 1190. The molecule has 0 aliphatic carbocycles. The maximum atomic E-state index is 12.9. The van der Waals surface area contributed by atoms with Gasteiger partial charge in [0.2, 0.25) is 11.3 Å². The van der Waals surface area contributed by atoms with Crippen molar-refractivity contribution in [3.8, 4) is 5.69 Å². The highest BCUT2D eigenvalue weighted by atomic mass is 35.5. The number of carbonyl (C=O) groups is 2. The second kappa shape index (κ2) is 8.12. The van der Waals surface area contributed by atoms with E-state index in [0.29, 0.717) is 24.2 Å². The maximum Gasteiger partial charge on any atom is 0.276 e. The van der Waals surface area contributed by atoms with Crippen LogP contribution in [0.1, 0.15) is 28.2 Å². The van der Waals surface area contributed by atoms with E-state index in [4.69, 9.17) is 11.6 Å². The minimum Gasteiger partial charge on any atom is -0.339 e. The minimum atomic E-state index is -0.795. The van der Waals surface area contributed by atoms with Crippen molar-refractivity contribution in [1.29, 1.82) is 0 Å². The monoisotopic (exact) mass is 422 g/mol. The zero-order chi connectivity index (χ0) is 21.3. The van der Waals surface area contributed by atoms with Gasteiger partial charge in [0.15, 0.2) is 5.69 Å². The molecule has 2 aromatic carbocycles. The van der Waals surface area contributed by atoms with Gasteiger partial charge in [0.1, 0.15) is 11.1 Å². The quantitative estimate of drug-likeness (QED) is 0.678. The molecule has 0 saturated carbocycles. The van der Waals surface area contributed by atoms with E-state index in [-0.39, 0.29) is 16.6 Å². The molecule has 0 saturated heterocycles. The third kappa shape index (κ3) is 3.71. The molecular weight excluding hydrogens is 404 g/mol. The average Bonchev–Trinajstić information content (AvgIpc) is 2.91.